The zero-order chi connectivity index (χ0) is 12.3. The van der Waals surface area contributed by atoms with Crippen LogP contribution < -0.4 is 0 Å². The number of alkyl halides is 3. The average Bonchev–Trinajstić information content (AvgIpc) is 2.44. The van der Waals surface area contributed by atoms with Crippen LogP contribution in [0.3, 0.4) is 0 Å². The van der Waals surface area contributed by atoms with Crippen LogP contribution in [-0.4, -0.2) is 27.0 Å². The number of amides is 1. The number of hydrogen-bond donors (Lipinski definition) is 0. The summed E-state index contributed by atoms with van der Waals surface area (Å²) in [5, 5.41) is 5.36. The maximum Gasteiger partial charge on any atom is 0.408 e. The summed E-state index contributed by atoms with van der Waals surface area (Å²) < 4.78 is 37.0. The van der Waals surface area contributed by atoms with Crippen molar-refractivity contribution >= 4 is 23.3 Å². The lowest BCUT2D eigenvalue weighted by Gasteiger charge is -2.07. The molecule has 1 heterocycles. The predicted molar refractivity (Wildman–Crippen MR) is 52.4 cm³/mol. The normalized spacial score (nSPS) is 11.0. The van der Waals surface area contributed by atoms with Gasteiger partial charge in [-0.25, -0.2) is 0 Å². The van der Waals surface area contributed by atoms with Gasteiger partial charge in [0.05, 0.1) is 10.9 Å². The van der Waals surface area contributed by atoms with Crippen molar-refractivity contribution in [2.24, 2.45) is 4.99 Å². The minimum atomic E-state index is -4.45. The SMILES string of the molecule is Cc1cc(C(=O)N=C=S)n(CC(F)(F)F)n1. The molecule has 4 nitrogen and oxygen atoms in total. The number of isothiocyanates is 1. The molecule has 1 aromatic rings. The molecule has 1 aromatic heterocycles. The Kier molecular flexibility index (Phi) is 3.56. The molecular weight excluding hydrogens is 243 g/mol. The fourth-order valence-corrected chi connectivity index (χ4v) is 1.19. The lowest BCUT2D eigenvalue weighted by Crippen LogP contribution is -2.21. The molecular formula is C8H6F3N3OS. The molecule has 0 aliphatic heterocycles. The maximum atomic E-state index is 12.1. The van der Waals surface area contributed by atoms with Crippen LogP contribution in [0.2, 0.25) is 0 Å². The Balaban J connectivity index is 3.10. The first kappa shape index (κ1) is 12.5. The first-order chi connectivity index (χ1) is 7.33. The molecule has 8 heteroatoms. The summed E-state index contributed by atoms with van der Waals surface area (Å²) in [6, 6.07) is 1.21. The van der Waals surface area contributed by atoms with Crippen molar-refractivity contribution in [1.82, 2.24) is 9.78 Å². The highest BCUT2D eigenvalue weighted by molar-refractivity contribution is 7.78. The van der Waals surface area contributed by atoms with Gasteiger partial charge in [-0.3, -0.25) is 9.48 Å². The number of nitrogens with zero attached hydrogens (tertiary/aromatic N) is 3. The summed E-state index contributed by atoms with van der Waals surface area (Å²) in [7, 11) is 0. The molecule has 1 amide bonds. The third-order valence-corrected chi connectivity index (χ3v) is 1.69. The number of aryl methyl sites for hydroxylation is 1. The number of hydrogen-bond acceptors (Lipinski definition) is 3. The molecule has 0 fully saturated rings. The first-order valence-electron chi connectivity index (χ1n) is 4.07. The lowest BCUT2D eigenvalue weighted by atomic mass is 10.3. The summed E-state index contributed by atoms with van der Waals surface area (Å²) in [6.45, 7) is 0.139. The lowest BCUT2D eigenvalue weighted by molar-refractivity contribution is -0.142. The second-order valence-electron chi connectivity index (χ2n) is 2.95. The van der Waals surface area contributed by atoms with Crippen molar-refractivity contribution in [1.29, 1.82) is 0 Å². The number of aromatic nitrogens is 2. The summed E-state index contributed by atoms with van der Waals surface area (Å²) in [6.07, 6.45) is -4.45. The van der Waals surface area contributed by atoms with Gasteiger partial charge in [0.15, 0.2) is 0 Å². The molecule has 86 valence electrons. The average molecular weight is 249 g/mol. The fourth-order valence-electron chi connectivity index (χ4n) is 1.11. The van der Waals surface area contributed by atoms with Crippen molar-refractivity contribution in [3.8, 4) is 0 Å². The molecule has 0 spiro atoms. The van der Waals surface area contributed by atoms with Crippen molar-refractivity contribution in [3.63, 3.8) is 0 Å². The van der Waals surface area contributed by atoms with Crippen LogP contribution in [0.4, 0.5) is 13.2 Å². The second-order valence-corrected chi connectivity index (χ2v) is 3.13. The van der Waals surface area contributed by atoms with Crippen LogP contribution in [-0.2, 0) is 6.54 Å². The Morgan fingerprint density at radius 1 is 1.69 bits per heavy atom. The van der Waals surface area contributed by atoms with E-state index in [1.54, 1.807) is 5.16 Å². The van der Waals surface area contributed by atoms with Gasteiger partial charge in [0.25, 0.3) is 0 Å². The van der Waals surface area contributed by atoms with E-state index in [4.69, 9.17) is 0 Å². The predicted octanol–water partition coefficient (Wildman–Crippen LogP) is 2.00. The monoisotopic (exact) mass is 249 g/mol. The molecule has 0 bridgehead atoms. The number of carbonyl (C=O) groups is 1. The van der Waals surface area contributed by atoms with Gasteiger partial charge in [-0.15, -0.1) is 0 Å². The van der Waals surface area contributed by atoms with Gasteiger partial charge in [-0.1, -0.05) is 0 Å². The minimum absolute atomic E-state index is 0.257. The standard InChI is InChI=1S/C8H6F3N3OS/c1-5-2-6(7(15)12-4-16)14(13-5)3-8(9,10)11/h2H,3H2,1H3. The molecule has 0 saturated heterocycles. The van der Waals surface area contributed by atoms with Crippen molar-refractivity contribution in [2.75, 3.05) is 0 Å². The van der Waals surface area contributed by atoms with Crippen LogP contribution in [0, 0.1) is 6.92 Å². The van der Waals surface area contributed by atoms with Gasteiger partial charge in [0, 0.05) is 0 Å². The van der Waals surface area contributed by atoms with Gasteiger partial charge in [-0.05, 0) is 25.2 Å². The fraction of sp³-hybridized carbons (Fsp3) is 0.375. The van der Waals surface area contributed by atoms with Crippen LogP contribution in [0.1, 0.15) is 16.2 Å². The van der Waals surface area contributed by atoms with E-state index in [0.29, 0.717) is 10.4 Å². The minimum Gasteiger partial charge on any atom is -0.264 e. The van der Waals surface area contributed by atoms with E-state index < -0.39 is 18.6 Å². The third-order valence-electron chi connectivity index (χ3n) is 1.60. The molecule has 0 atom stereocenters. The smallest absolute Gasteiger partial charge is 0.264 e. The molecule has 16 heavy (non-hydrogen) atoms. The molecule has 0 aliphatic carbocycles. The summed E-state index contributed by atoms with van der Waals surface area (Å²) in [5.41, 5.74) is 0.0411. The van der Waals surface area contributed by atoms with E-state index in [0.717, 1.165) is 0 Å². The Hall–Kier alpha value is -1.53. The molecule has 0 saturated carbocycles. The van der Waals surface area contributed by atoms with Crippen LogP contribution >= 0.6 is 12.2 Å². The van der Waals surface area contributed by atoms with Gasteiger partial charge >= 0.3 is 12.1 Å². The highest BCUT2D eigenvalue weighted by Gasteiger charge is 2.30. The van der Waals surface area contributed by atoms with E-state index in [1.807, 2.05) is 0 Å². The zero-order valence-electron chi connectivity index (χ0n) is 8.08. The van der Waals surface area contributed by atoms with Crippen molar-refractivity contribution in [2.45, 2.75) is 19.6 Å². The largest absolute Gasteiger partial charge is 0.408 e. The Labute approximate surface area is 93.8 Å². The van der Waals surface area contributed by atoms with Gasteiger partial charge in [0.2, 0.25) is 0 Å². The summed E-state index contributed by atoms with van der Waals surface area (Å²) in [5.74, 6) is -0.889. The van der Waals surface area contributed by atoms with Gasteiger partial charge < -0.3 is 0 Å². The number of halogens is 3. The number of carbonyl (C=O) groups excluding carboxylic acids is 1. The molecule has 1 rings (SSSR count). The van der Waals surface area contributed by atoms with Crippen LogP contribution in [0.15, 0.2) is 11.1 Å². The molecule has 0 radical (unpaired) electrons. The van der Waals surface area contributed by atoms with E-state index in [9.17, 15) is 18.0 Å². The molecule has 0 unspecified atom stereocenters. The number of rotatable bonds is 2. The summed E-state index contributed by atoms with van der Waals surface area (Å²) in [4.78, 5) is 14.3. The number of aliphatic imine (C=N–C) groups is 1. The molecule has 0 aromatic carbocycles. The summed E-state index contributed by atoms with van der Waals surface area (Å²) >= 11 is 4.20. The van der Waals surface area contributed by atoms with Gasteiger partial charge in [0.1, 0.15) is 12.2 Å². The van der Waals surface area contributed by atoms with Crippen molar-refractivity contribution in [3.05, 3.63) is 17.5 Å². The quantitative estimate of drug-likeness (QED) is 0.595. The molecule has 0 N–H and O–H groups in total. The Bertz CT molecular complexity index is 460. The second kappa shape index (κ2) is 4.54. The van der Waals surface area contributed by atoms with Crippen molar-refractivity contribution < 1.29 is 18.0 Å². The Morgan fingerprint density at radius 2 is 2.31 bits per heavy atom. The molecule has 0 aliphatic rings. The topological polar surface area (TPSA) is 47.2 Å². The highest BCUT2D eigenvalue weighted by Crippen LogP contribution is 2.19. The van der Waals surface area contributed by atoms with E-state index >= 15 is 0 Å². The highest BCUT2D eigenvalue weighted by atomic mass is 32.1. The maximum absolute atomic E-state index is 12.1. The first-order valence-corrected chi connectivity index (χ1v) is 4.48. The van der Waals surface area contributed by atoms with E-state index in [1.165, 1.54) is 13.0 Å². The van der Waals surface area contributed by atoms with E-state index in [2.05, 4.69) is 22.3 Å². The van der Waals surface area contributed by atoms with Crippen LogP contribution in [0.25, 0.3) is 0 Å². The third kappa shape index (κ3) is 3.25. The number of thiocarbonyl (C=S) groups is 1. The van der Waals surface area contributed by atoms with E-state index in [-0.39, 0.29) is 5.69 Å². The Morgan fingerprint density at radius 3 is 2.81 bits per heavy atom. The zero-order valence-corrected chi connectivity index (χ0v) is 8.89. The van der Waals surface area contributed by atoms with Gasteiger partial charge in [-0.2, -0.15) is 23.3 Å². The van der Waals surface area contributed by atoms with Crippen LogP contribution in [0.5, 0.6) is 0 Å².